The van der Waals surface area contributed by atoms with Gasteiger partial charge in [-0.2, -0.15) is 0 Å². The molecule has 2 heterocycles. The molecule has 0 aliphatic rings. The van der Waals surface area contributed by atoms with E-state index in [4.69, 9.17) is 10.2 Å². The van der Waals surface area contributed by atoms with Crippen molar-refractivity contribution in [2.24, 2.45) is 5.73 Å². The van der Waals surface area contributed by atoms with Crippen LogP contribution in [0.1, 0.15) is 35.3 Å². The molecule has 0 aliphatic carbocycles. The fraction of sp³-hybridized carbons (Fsp3) is 0.263. The van der Waals surface area contributed by atoms with Gasteiger partial charge in [0.1, 0.15) is 11.6 Å². The lowest BCUT2D eigenvalue weighted by molar-refractivity contribution is -0.118. The van der Waals surface area contributed by atoms with E-state index in [9.17, 15) is 9.59 Å². The van der Waals surface area contributed by atoms with Crippen molar-refractivity contribution in [3.8, 4) is 0 Å². The Morgan fingerprint density at radius 1 is 1.19 bits per heavy atom. The molecule has 2 N–H and O–H groups in total. The zero-order chi connectivity index (χ0) is 19.2. The van der Waals surface area contributed by atoms with Crippen molar-refractivity contribution < 1.29 is 14.0 Å². The highest BCUT2D eigenvalue weighted by molar-refractivity contribution is 8.00. The van der Waals surface area contributed by atoms with Crippen LogP contribution in [0.4, 0.5) is 0 Å². The number of ketones is 1. The predicted octanol–water partition coefficient (Wildman–Crippen LogP) is 2.70. The van der Waals surface area contributed by atoms with E-state index in [-0.39, 0.29) is 17.5 Å². The number of aryl methyl sites for hydroxylation is 1. The highest BCUT2D eigenvalue weighted by Gasteiger charge is 2.22. The van der Waals surface area contributed by atoms with E-state index in [0.717, 1.165) is 5.76 Å². The first-order chi connectivity index (χ1) is 13.0. The average Bonchev–Trinajstić information content (AvgIpc) is 3.31. The maximum absolute atomic E-state index is 12.6. The van der Waals surface area contributed by atoms with Crippen LogP contribution in [0, 0.1) is 0 Å². The van der Waals surface area contributed by atoms with Crippen LogP contribution in [0.3, 0.4) is 0 Å². The summed E-state index contributed by atoms with van der Waals surface area (Å²) in [5.41, 5.74) is 5.91. The lowest BCUT2D eigenvalue weighted by atomic mass is 10.1. The van der Waals surface area contributed by atoms with Gasteiger partial charge in [-0.3, -0.25) is 14.2 Å². The monoisotopic (exact) mass is 384 g/mol. The Balaban J connectivity index is 1.81. The van der Waals surface area contributed by atoms with Crippen LogP contribution >= 0.6 is 11.8 Å². The Labute approximate surface area is 161 Å². The number of Topliss-reactive ketones (excluding diaryl/α,β-unsaturated/α-hetero) is 1. The number of carbonyl (C=O) groups is 2. The van der Waals surface area contributed by atoms with Crippen LogP contribution in [0.25, 0.3) is 0 Å². The number of rotatable bonds is 9. The molecule has 27 heavy (non-hydrogen) atoms. The van der Waals surface area contributed by atoms with Crippen molar-refractivity contribution in [3.63, 3.8) is 0 Å². The molecule has 3 aromatic rings. The van der Waals surface area contributed by atoms with Crippen molar-refractivity contribution in [2.75, 3.05) is 0 Å². The second-order valence-electron chi connectivity index (χ2n) is 6.02. The number of furan rings is 1. The number of nitrogens with two attached hydrogens (primary N) is 1. The second-order valence-corrected chi connectivity index (χ2v) is 7.33. The molecule has 7 nitrogen and oxygen atoms in total. The number of carbonyl (C=O) groups excluding carboxylic acids is 2. The quantitative estimate of drug-likeness (QED) is 0.449. The third-order valence-corrected chi connectivity index (χ3v) is 5.07. The summed E-state index contributed by atoms with van der Waals surface area (Å²) >= 11 is 1.33. The van der Waals surface area contributed by atoms with Crippen LogP contribution in [-0.2, 0) is 17.8 Å². The standard InChI is InChI=1S/C19H20N4O3S/c1-13(18(25)14-6-3-2-4-7-14)27-19-22-21-17(10-9-16(20)24)23(19)12-15-8-5-11-26-15/h2-8,11,13H,9-10,12H2,1H3,(H2,20,24). The van der Waals surface area contributed by atoms with Gasteiger partial charge in [0, 0.05) is 18.4 Å². The number of primary amides is 1. The van der Waals surface area contributed by atoms with Crippen molar-refractivity contribution in [1.29, 1.82) is 0 Å². The SMILES string of the molecule is CC(Sc1nnc(CCC(N)=O)n1Cc1ccco1)C(=O)c1ccccc1. The van der Waals surface area contributed by atoms with Crippen molar-refractivity contribution in [1.82, 2.24) is 14.8 Å². The summed E-state index contributed by atoms with van der Waals surface area (Å²) in [7, 11) is 0. The normalized spacial score (nSPS) is 12.0. The van der Waals surface area contributed by atoms with Crippen LogP contribution < -0.4 is 5.73 Å². The summed E-state index contributed by atoms with van der Waals surface area (Å²) in [6, 6.07) is 12.8. The van der Waals surface area contributed by atoms with Crippen LogP contribution in [-0.4, -0.2) is 31.7 Å². The van der Waals surface area contributed by atoms with Gasteiger partial charge in [0.2, 0.25) is 5.91 Å². The van der Waals surface area contributed by atoms with E-state index >= 15 is 0 Å². The van der Waals surface area contributed by atoms with Gasteiger partial charge >= 0.3 is 0 Å². The molecular weight excluding hydrogens is 364 g/mol. The lowest BCUT2D eigenvalue weighted by Gasteiger charge is -2.12. The molecule has 0 bridgehead atoms. The minimum absolute atomic E-state index is 0.0202. The summed E-state index contributed by atoms with van der Waals surface area (Å²) in [4.78, 5) is 23.8. The molecule has 0 spiro atoms. The molecule has 0 fully saturated rings. The Kier molecular flexibility index (Phi) is 6.08. The highest BCUT2D eigenvalue weighted by atomic mass is 32.2. The van der Waals surface area contributed by atoms with Gasteiger partial charge in [-0.1, -0.05) is 42.1 Å². The second kappa shape index (κ2) is 8.68. The van der Waals surface area contributed by atoms with Crippen LogP contribution in [0.5, 0.6) is 0 Å². The van der Waals surface area contributed by atoms with E-state index < -0.39 is 5.91 Å². The van der Waals surface area contributed by atoms with Gasteiger partial charge in [-0.15, -0.1) is 10.2 Å². The molecule has 0 saturated carbocycles. The van der Waals surface area contributed by atoms with Crippen LogP contribution in [0.15, 0.2) is 58.3 Å². The summed E-state index contributed by atoms with van der Waals surface area (Å²) in [5.74, 6) is 0.988. The van der Waals surface area contributed by atoms with Gasteiger partial charge < -0.3 is 10.2 Å². The largest absolute Gasteiger partial charge is 0.467 e. The van der Waals surface area contributed by atoms with Gasteiger partial charge in [-0.25, -0.2) is 0 Å². The van der Waals surface area contributed by atoms with E-state index in [0.29, 0.717) is 29.5 Å². The van der Waals surface area contributed by atoms with Crippen molar-refractivity contribution in [3.05, 3.63) is 65.9 Å². The fourth-order valence-electron chi connectivity index (χ4n) is 2.59. The third kappa shape index (κ3) is 4.85. The van der Waals surface area contributed by atoms with E-state index in [1.54, 1.807) is 24.5 Å². The van der Waals surface area contributed by atoms with Crippen LogP contribution in [0.2, 0.25) is 0 Å². The average molecular weight is 384 g/mol. The maximum Gasteiger partial charge on any atom is 0.217 e. The molecule has 1 unspecified atom stereocenters. The Morgan fingerprint density at radius 3 is 2.63 bits per heavy atom. The first-order valence-corrected chi connectivity index (χ1v) is 9.41. The molecule has 0 radical (unpaired) electrons. The highest BCUT2D eigenvalue weighted by Crippen LogP contribution is 2.26. The molecule has 1 aromatic carbocycles. The van der Waals surface area contributed by atoms with E-state index in [1.165, 1.54) is 11.8 Å². The number of thioether (sulfide) groups is 1. The molecule has 0 saturated heterocycles. The van der Waals surface area contributed by atoms with Crippen molar-refractivity contribution in [2.45, 2.75) is 36.7 Å². The molecule has 3 rings (SSSR count). The Hall–Kier alpha value is -2.87. The minimum atomic E-state index is -0.399. The number of amides is 1. The van der Waals surface area contributed by atoms with Gasteiger partial charge in [0.25, 0.3) is 0 Å². The summed E-state index contributed by atoms with van der Waals surface area (Å²) in [5, 5.41) is 8.67. The first kappa shape index (κ1) is 18.9. The maximum atomic E-state index is 12.6. The summed E-state index contributed by atoms with van der Waals surface area (Å²) in [6.07, 6.45) is 2.15. The molecular formula is C19H20N4O3S. The van der Waals surface area contributed by atoms with E-state index in [1.807, 2.05) is 35.8 Å². The molecule has 8 heteroatoms. The fourth-order valence-corrected chi connectivity index (χ4v) is 3.54. The number of benzene rings is 1. The molecule has 1 atom stereocenters. The Bertz CT molecular complexity index is 906. The van der Waals surface area contributed by atoms with E-state index in [2.05, 4.69) is 10.2 Å². The number of hydrogen-bond donors (Lipinski definition) is 1. The number of nitrogens with zero attached hydrogens (tertiary/aromatic N) is 3. The van der Waals surface area contributed by atoms with Gasteiger partial charge in [0.05, 0.1) is 18.1 Å². The van der Waals surface area contributed by atoms with Crippen molar-refractivity contribution >= 4 is 23.5 Å². The third-order valence-electron chi connectivity index (χ3n) is 3.99. The van der Waals surface area contributed by atoms with Gasteiger partial charge in [-0.05, 0) is 19.1 Å². The predicted molar refractivity (Wildman–Crippen MR) is 101 cm³/mol. The number of hydrogen-bond acceptors (Lipinski definition) is 6. The topological polar surface area (TPSA) is 104 Å². The minimum Gasteiger partial charge on any atom is -0.467 e. The Morgan fingerprint density at radius 2 is 1.96 bits per heavy atom. The molecule has 1 amide bonds. The molecule has 0 aliphatic heterocycles. The zero-order valence-corrected chi connectivity index (χ0v) is 15.7. The molecule has 140 valence electrons. The lowest BCUT2D eigenvalue weighted by Crippen LogP contribution is -2.16. The molecule has 2 aromatic heterocycles. The summed E-state index contributed by atoms with van der Waals surface area (Å²) in [6.45, 7) is 2.26. The number of aromatic nitrogens is 3. The zero-order valence-electron chi connectivity index (χ0n) is 14.9. The summed E-state index contributed by atoms with van der Waals surface area (Å²) < 4.78 is 7.28. The van der Waals surface area contributed by atoms with Gasteiger partial charge in [0.15, 0.2) is 10.9 Å². The smallest absolute Gasteiger partial charge is 0.217 e. The first-order valence-electron chi connectivity index (χ1n) is 8.53.